The van der Waals surface area contributed by atoms with Crippen LogP contribution in [0, 0.1) is 0 Å². The number of ketones is 2. The minimum Gasteiger partial charge on any atom is -0.388 e. The molecular formula is C26H34CoN2O2. The fourth-order valence-corrected chi connectivity index (χ4v) is 4.15. The van der Waals surface area contributed by atoms with Gasteiger partial charge in [0.1, 0.15) is 0 Å². The number of carbonyl (C=O) groups is 2. The maximum absolute atomic E-state index is 11.4. The van der Waals surface area contributed by atoms with E-state index in [9.17, 15) is 9.59 Å². The summed E-state index contributed by atoms with van der Waals surface area (Å²) >= 11 is 0. The Bertz CT molecular complexity index is 711. The summed E-state index contributed by atoms with van der Waals surface area (Å²) in [6.07, 6.45) is 30.9. The monoisotopic (exact) mass is 465 g/mol. The van der Waals surface area contributed by atoms with Crippen molar-refractivity contribution in [3.05, 3.63) is 72.2 Å². The zero-order valence-electron chi connectivity index (χ0n) is 18.1. The molecule has 2 fully saturated rings. The normalized spacial score (nSPS) is 24.0. The van der Waals surface area contributed by atoms with Crippen molar-refractivity contribution in [1.29, 1.82) is 0 Å². The molecule has 0 atom stereocenters. The van der Waals surface area contributed by atoms with Gasteiger partial charge < -0.3 is 10.6 Å². The first-order chi connectivity index (χ1) is 14.7. The average molecular weight is 466 g/mol. The standard InChI is InChI=1S/2C13H17NO.Co/c2*15-13-9-5-4-6-11(13)10-14-12-7-2-1-3-8-12;/h2*4-6,9-10,12,14H,1-3,7-8H2;. The summed E-state index contributed by atoms with van der Waals surface area (Å²) in [7, 11) is 0. The van der Waals surface area contributed by atoms with Crippen molar-refractivity contribution in [2.75, 3.05) is 0 Å². The molecule has 0 spiro atoms. The van der Waals surface area contributed by atoms with Gasteiger partial charge in [-0.1, -0.05) is 62.8 Å². The van der Waals surface area contributed by atoms with Gasteiger partial charge in [-0.05, 0) is 50.0 Å². The number of carbonyl (C=O) groups excluding carboxylic acids is 2. The van der Waals surface area contributed by atoms with Gasteiger partial charge in [-0.15, -0.1) is 0 Å². The third-order valence-corrected chi connectivity index (χ3v) is 6.00. The molecule has 0 bridgehead atoms. The molecule has 0 amide bonds. The van der Waals surface area contributed by atoms with E-state index in [1.165, 1.54) is 64.2 Å². The summed E-state index contributed by atoms with van der Waals surface area (Å²) in [5.41, 5.74) is 1.53. The molecular weight excluding hydrogens is 431 g/mol. The first kappa shape index (κ1) is 25.1. The molecule has 0 heterocycles. The van der Waals surface area contributed by atoms with Crippen molar-refractivity contribution in [3.8, 4) is 0 Å². The molecule has 0 aromatic carbocycles. The van der Waals surface area contributed by atoms with E-state index in [0.717, 1.165) is 11.1 Å². The Labute approximate surface area is 196 Å². The van der Waals surface area contributed by atoms with E-state index < -0.39 is 0 Å². The second-order valence-electron chi connectivity index (χ2n) is 8.37. The largest absolute Gasteiger partial charge is 0.388 e. The average Bonchev–Trinajstić information content (AvgIpc) is 2.80. The summed E-state index contributed by atoms with van der Waals surface area (Å²) in [6.45, 7) is 0. The van der Waals surface area contributed by atoms with Crippen LogP contribution in [0.1, 0.15) is 64.2 Å². The molecule has 5 heteroatoms. The van der Waals surface area contributed by atoms with Gasteiger partial charge >= 0.3 is 0 Å². The Balaban J connectivity index is 0.000000213. The van der Waals surface area contributed by atoms with Crippen LogP contribution in [0.15, 0.2) is 72.2 Å². The molecule has 0 aromatic rings. The first-order valence-corrected chi connectivity index (χ1v) is 11.4. The predicted octanol–water partition coefficient (Wildman–Crippen LogP) is 4.97. The van der Waals surface area contributed by atoms with Crippen LogP contribution >= 0.6 is 0 Å². The van der Waals surface area contributed by atoms with E-state index in [-0.39, 0.29) is 28.3 Å². The van der Waals surface area contributed by atoms with Crippen molar-refractivity contribution in [1.82, 2.24) is 10.6 Å². The molecule has 4 aliphatic carbocycles. The third-order valence-electron chi connectivity index (χ3n) is 6.00. The van der Waals surface area contributed by atoms with Crippen molar-refractivity contribution >= 4 is 11.6 Å². The Hall–Kier alpha value is -2.11. The molecule has 2 saturated carbocycles. The molecule has 0 aliphatic heterocycles. The molecule has 31 heavy (non-hydrogen) atoms. The maximum atomic E-state index is 11.4. The Kier molecular flexibility index (Phi) is 11.4. The predicted molar refractivity (Wildman–Crippen MR) is 123 cm³/mol. The van der Waals surface area contributed by atoms with Crippen LogP contribution in [-0.4, -0.2) is 23.7 Å². The summed E-state index contributed by atoms with van der Waals surface area (Å²) in [4.78, 5) is 22.8. The fourth-order valence-electron chi connectivity index (χ4n) is 4.15. The minimum atomic E-state index is 0. The Morgan fingerprint density at radius 1 is 0.581 bits per heavy atom. The molecule has 0 saturated heterocycles. The van der Waals surface area contributed by atoms with Crippen LogP contribution < -0.4 is 10.6 Å². The maximum Gasteiger partial charge on any atom is 0.187 e. The SMILES string of the molecule is O=C1C=CC=CC1=CNC1CCCCC1.O=C1C=CC=CC1=CNC1CCCCC1.[Co]. The number of nitrogens with one attached hydrogen (secondary N) is 2. The number of hydrogen-bond acceptors (Lipinski definition) is 4. The van der Waals surface area contributed by atoms with E-state index in [1.807, 2.05) is 36.7 Å². The van der Waals surface area contributed by atoms with Crippen LogP contribution in [0.4, 0.5) is 0 Å². The molecule has 4 aliphatic rings. The van der Waals surface area contributed by atoms with Crippen molar-refractivity contribution < 1.29 is 26.4 Å². The van der Waals surface area contributed by atoms with Crippen molar-refractivity contribution in [3.63, 3.8) is 0 Å². The van der Waals surface area contributed by atoms with Gasteiger partial charge in [0.05, 0.1) is 0 Å². The first-order valence-electron chi connectivity index (χ1n) is 11.4. The van der Waals surface area contributed by atoms with Crippen molar-refractivity contribution in [2.45, 2.75) is 76.3 Å². The number of hydrogen-bond donors (Lipinski definition) is 2. The van der Waals surface area contributed by atoms with Crippen LogP contribution in [0.3, 0.4) is 0 Å². The second kappa shape index (κ2) is 14.0. The van der Waals surface area contributed by atoms with E-state index in [4.69, 9.17) is 0 Å². The molecule has 169 valence electrons. The molecule has 2 N–H and O–H groups in total. The van der Waals surface area contributed by atoms with E-state index in [1.54, 1.807) is 24.3 Å². The number of rotatable bonds is 4. The molecule has 0 unspecified atom stereocenters. The van der Waals surface area contributed by atoms with E-state index in [2.05, 4.69) is 10.6 Å². The summed E-state index contributed by atoms with van der Waals surface area (Å²) in [5, 5.41) is 6.71. The molecule has 1 radical (unpaired) electrons. The number of allylic oxidation sites excluding steroid dienone is 10. The second-order valence-corrected chi connectivity index (χ2v) is 8.37. The molecule has 4 rings (SSSR count). The zero-order valence-corrected chi connectivity index (χ0v) is 19.2. The van der Waals surface area contributed by atoms with Crippen LogP contribution in [-0.2, 0) is 26.4 Å². The van der Waals surface area contributed by atoms with Gasteiger partial charge in [0.2, 0.25) is 0 Å². The summed E-state index contributed by atoms with van der Waals surface area (Å²) < 4.78 is 0. The molecule has 4 nitrogen and oxygen atoms in total. The third kappa shape index (κ3) is 8.88. The Morgan fingerprint density at radius 2 is 0.935 bits per heavy atom. The topological polar surface area (TPSA) is 58.2 Å². The van der Waals surface area contributed by atoms with E-state index in [0.29, 0.717) is 12.1 Å². The zero-order chi connectivity index (χ0) is 21.0. The van der Waals surface area contributed by atoms with Crippen LogP contribution in [0.25, 0.3) is 0 Å². The quantitative estimate of drug-likeness (QED) is 0.576. The fraction of sp³-hybridized carbons (Fsp3) is 0.462. The van der Waals surface area contributed by atoms with Gasteiger partial charge in [-0.3, -0.25) is 9.59 Å². The van der Waals surface area contributed by atoms with E-state index >= 15 is 0 Å². The van der Waals surface area contributed by atoms with Crippen molar-refractivity contribution in [2.24, 2.45) is 0 Å². The van der Waals surface area contributed by atoms with Gasteiger partial charge in [0.15, 0.2) is 11.6 Å². The minimum absolute atomic E-state index is 0. The molecule has 0 aromatic heterocycles. The van der Waals surface area contributed by atoms with Crippen LogP contribution in [0.5, 0.6) is 0 Å². The summed E-state index contributed by atoms with van der Waals surface area (Å²) in [5.74, 6) is 0.196. The van der Waals surface area contributed by atoms with Gasteiger partial charge in [-0.2, -0.15) is 0 Å². The Morgan fingerprint density at radius 3 is 1.29 bits per heavy atom. The van der Waals surface area contributed by atoms with Crippen LogP contribution in [0.2, 0.25) is 0 Å². The van der Waals surface area contributed by atoms with Gasteiger partial charge in [0.25, 0.3) is 0 Å². The summed E-state index contributed by atoms with van der Waals surface area (Å²) in [6, 6.07) is 1.14. The van der Waals surface area contributed by atoms with Gasteiger partial charge in [0, 0.05) is 52.4 Å². The smallest absolute Gasteiger partial charge is 0.187 e. The van der Waals surface area contributed by atoms with Gasteiger partial charge in [-0.25, -0.2) is 0 Å².